The van der Waals surface area contributed by atoms with Crippen LogP contribution in [0.1, 0.15) is 18.8 Å². The Kier molecular flexibility index (Phi) is 3.60. The first-order chi connectivity index (χ1) is 8.06. The maximum atomic E-state index is 5.94. The van der Waals surface area contributed by atoms with E-state index in [1.165, 1.54) is 0 Å². The molecule has 1 N–H and O–H groups in total. The molecule has 1 atom stereocenters. The summed E-state index contributed by atoms with van der Waals surface area (Å²) in [5.41, 5.74) is 0.887. The van der Waals surface area contributed by atoms with Gasteiger partial charge in [0, 0.05) is 35.2 Å². The van der Waals surface area contributed by atoms with Crippen molar-refractivity contribution in [3.8, 4) is 0 Å². The molecule has 17 heavy (non-hydrogen) atoms. The maximum Gasteiger partial charge on any atom is 0.130 e. The molecular formula is C12H13Cl2N3. The second kappa shape index (κ2) is 4.98. The zero-order valence-corrected chi connectivity index (χ0v) is 11.1. The molecule has 2 rings (SSSR count). The van der Waals surface area contributed by atoms with E-state index in [4.69, 9.17) is 23.2 Å². The van der Waals surface area contributed by atoms with Gasteiger partial charge in [0.15, 0.2) is 0 Å². The van der Waals surface area contributed by atoms with Crippen molar-refractivity contribution in [1.82, 2.24) is 9.55 Å². The number of aromatic nitrogens is 2. The average molecular weight is 270 g/mol. The highest BCUT2D eigenvalue weighted by molar-refractivity contribution is 6.35. The standard InChI is InChI=1S/C12H13Cl2N3/c1-8(12-15-3-4-17(12)2)16-11-6-9(13)5-10(14)7-11/h3-8,16H,1-2H3. The van der Waals surface area contributed by atoms with Crippen molar-refractivity contribution in [1.29, 1.82) is 0 Å². The number of nitrogens with one attached hydrogen (secondary N) is 1. The number of anilines is 1. The lowest BCUT2D eigenvalue weighted by atomic mass is 10.2. The van der Waals surface area contributed by atoms with Crippen molar-refractivity contribution in [2.24, 2.45) is 7.05 Å². The van der Waals surface area contributed by atoms with Crippen molar-refractivity contribution in [2.75, 3.05) is 5.32 Å². The molecule has 0 amide bonds. The summed E-state index contributed by atoms with van der Waals surface area (Å²) in [6.45, 7) is 2.04. The monoisotopic (exact) mass is 269 g/mol. The predicted molar refractivity (Wildman–Crippen MR) is 71.7 cm³/mol. The van der Waals surface area contributed by atoms with Crippen LogP contribution >= 0.6 is 23.2 Å². The smallest absolute Gasteiger partial charge is 0.130 e. The highest BCUT2D eigenvalue weighted by Gasteiger charge is 2.10. The van der Waals surface area contributed by atoms with Crippen molar-refractivity contribution in [3.05, 3.63) is 46.5 Å². The van der Waals surface area contributed by atoms with Crippen molar-refractivity contribution < 1.29 is 0 Å². The summed E-state index contributed by atoms with van der Waals surface area (Å²) in [5.74, 6) is 0.959. The first-order valence-corrected chi connectivity index (χ1v) is 6.01. The highest BCUT2D eigenvalue weighted by atomic mass is 35.5. The number of rotatable bonds is 3. The Morgan fingerprint density at radius 1 is 1.24 bits per heavy atom. The molecule has 1 heterocycles. The quantitative estimate of drug-likeness (QED) is 0.916. The fourth-order valence-electron chi connectivity index (χ4n) is 1.75. The molecule has 0 saturated heterocycles. The largest absolute Gasteiger partial charge is 0.375 e. The molecule has 0 bridgehead atoms. The predicted octanol–water partition coefficient (Wildman–Crippen LogP) is 3.90. The third kappa shape index (κ3) is 2.93. The molecule has 5 heteroatoms. The Morgan fingerprint density at radius 3 is 2.41 bits per heavy atom. The first-order valence-electron chi connectivity index (χ1n) is 5.26. The number of benzene rings is 1. The molecular weight excluding hydrogens is 257 g/mol. The Labute approximate surface area is 110 Å². The second-order valence-corrected chi connectivity index (χ2v) is 4.79. The summed E-state index contributed by atoms with van der Waals surface area (Å²) in [7, 11) is 1.96. The summed E-state index contributed by atoms with van der Waals surface area (Å²) in [6.07, 6.45) is 3.69. The van der Waals surface area contributed by atoms with E-state index in [0.29, 0.717) is 10.0 Å². The minimum absolute atomic E-state index is 0.0875. The number of aryl methyl sites for hydroxylation is 1. The second-order valence-electron chi connectivity index (χ2n) is 3.92. The molecule has 0 radical (unpaired) electrons. The minimum atomic E-state index is 0.0875. The third-order valence-electron chi connectivity index (χ3n) is 2.49. The first kappa shape index (κ1) is 12.3. The van der Waals surface area contributed by atoms with E-state index >= 15 is 0 Å². The van der Waals surface area contributed by atoms with Gasteiger partial charge in [-0.1, -0.05) is 23.2 Å². The maximum absolute atomic E-state index is 5.94. The minimum Gasteiger partial charge on any atom is -0.375 e. The van der Waals surface area contributed by atoms with Gasteiger partial charge < -0.3 is 9.88 Å². The number of nitrogens with zero attached hydrogens (tertiary/aromatic N) is 2. The van der Waals surface area contributed by atoms with Crippen LogP contribution in [0.5, 0.6) is 0 Å². The van der Waals surface area contributed by atoms with Crippen LogP contribution in [0.2, 0.25) is 10.0 Å². The van der Waals surface area contributed by atoms with E-state index in [0.717, 1.165) is 11.5 Å². The van der Waals surface area contributed by atoms with Crippen LogP contribution in [0, 0.1) is 0 Å². The SMILES string of the molecule is CC(Nc1cc(Cl)cc(Cl)c1)c1nccn1C. The fraction of sp³-hybridized carbons (Fsp3) is 0.250. The molecule has 1 aromatic carbocycles. The topological polar surface area (TPSA) is 29.9 Å². The van der Waals surface area contributed by atoms with Gasteiger partial charge in [0.2, 0.25) is 0 Å². The van der Waals surface area contributed by atoms with E-state index in [1.807, 2.05) is 36.9 Å². The van der Waals surface area contributed by atoms with Gasteiger partial charge in [-0.15, -0.1) is 0 Å². The summed E-state index contributed by atoms with van der Waals surface area (Å²) in [4.78, 5) is 4.29. The fourth-order valence-corrected chi connectivity index (χ4v) is 2.27. The number of hydrogen-bond donors (Lipinski definition) is 1. The highest BCUT2D eigenvalue weighted by Crippen LogP contribution is 2.25. The molecule has 0 spiro atoms. The van der Waals surface area contributed by atoms with Crippen LogP contribution in [0.3, 0.4) is 0 Å². The van der Waals surface area contributed by atoms with Crippen molar-refractivity contribution in [3.63, 3.8) is 0 Å². The van der Waals surface area contributed by atoms with Gasteiger partial charge in [0.05, 0.1) is 6.04 Å². The molecule has 0 saturated carbocycles. The summed E-state index contributed by atoms with van der Waals surface area (Å²) in [5, 5.41) is 4.55. The van der Waals surface area contributed by atoms with Gasteiger partial charge in [-0.05, 0) is 25.1 Å². The number of halogens is 2. The van der Waals surface area contributed by atoms with Gasteiger partial charge in [-0.25, -0.2) is 4.98 Å². The molecule has 90 valence electrons. The molecule has 0 fully saturated rings. The lowest BCUT2D eigenvalue weighted by molar-refractivity contribution is 0.722. The Hall–Kier alpha value is -1.19. The van der Waals surface area contributed by atoms with Crippen LogP contribution in [0.25, 0.3) is 0 Å². The number of imidazole rings is 1. The average Bonchev–Trinajstić information content (AvgIpc) is 2.62. The molecule has 0 aliphatic rings. The Morgan fingerprint density at radius 2 is 1.88 bits per heavy atom. The Balaban J connectivity index is 2.18. The zero-order valence-electron chi connectivity index (χ0n) is 9.61. The molecule has 1 aromatic heterocycles. The van der Waals surface area contributed by atoms with Crippen LogP contribution < -0.4 is 5.32 Å². The van der Waals surface area contributed by atoms with Crippen LogP contribution in [0.15, 0.2) is 30.6 Å². The zero-order chi connectivity index (χ0) is 12.4. The molecule has 2 aromatic rings. The van der Waals surface area contributed by atoms with E-state index in [2.05, 4.69) is 10.3 Å². The van der Waals surface area contributed by atoms with Gasteiger partial charge in [-0.3, -0.25) is 0 Å². The Bertz CT molecular complexity index is 502. The summed E-state index contributed by atoms with van der Waals surface area (Å²) < 4.78 is 1.98. The van der Waals surface area contributed by atoms with E-state index in [-0.39, 0.29) is 6.04 Å². The van der Waals surface area contributed by atoms with Gasteiger partial charge >= 0.3 is 0 Å². The van der Waals surface area contributed by atoms with Gasteiger partial charge in [-0.2, -0.15) is 0 Å². The van der Waals surface area contributed by atoms with Gasteiger partial charge in [0.25, 0.3) is 0 Å². The van der Waals surface area contributed by atoms with E-state index < -0.39 is 0 Å². The van der Waals surface area contributed by atoms with Crippen molar-refractivity contribution >= 4 is 28.9 Å². The van der Waals surface area contributed by atoms with Crippen LogP contribution in [0.4, 0.5) is 5.69 Å². The van der Waals surface area contributed by atoms with E-state index in [1.54, 1.807) is 12.3 Å². The van der Waals surface area contributed by atoms with Crippen LogP contribution in [-0.4, -0.2) is 9.55 Å². The lowest BCUT2D eigenvalue weighted by Crippen LogP contribution is -2.11. The third-order valence-corrected chi connectivity index (χ3v) is 2.93. The summed E-state index contributed by atoms with van der Waals surface area (Å²) >= 11 is 11.9. The van der Waals surface area contributed by atoms with Crippen molar-refractivity contribution in [2.45, 2.75) is 13.0 Å². The molecule has 3 nitrogen and oxygen atoms in total. The van der Waals surface area contributed by atoms with E-state index in [9.17, 15) is 0 Å². The lowest BCUT2D eigenvalue weighted by Gasteiger charge is -2.15. The molecule has 0 aliphatic carbocycles. The van der Waals surface area contributed by atoms with Crippen LogP contribution in [-0.2, 0) is 7.05 Å². The molecule has 1 unspecified atom stereocenters. The summed E-state index contributed by atoms with van der Waals surface area (Å²) in [6, 6.07) is 5.48. The normalized spacial score (nSPS) is 12.5. The molecule has 0 aliphatic heterocycles. The van der Waals surface area contributed by atoms with Gasteiger partial charge in [0.1, 0.15) is 5.82 Å². The number of hydrogen-bond acceptors (Lipinski definition) is 2.